The Balaban J connectivity index is 1.12. The number of fused-ring (bicyclic) bond motifs is 6. The van der Waals surface area contributed by atoms with Gasteiger partial charge in [-0.2, -0.15) is 5.10 Å². The molecular weight excluding hydrogens is 574 g/mol. The molecule has 1 fully saturated rings. The Morgan fingerprint density at radius 2 is 1.98 bits per heavy atom. The quantitative estimate of drug-likeness (QED) is 0.296. The molecule has 1 aromatic carbocycles. The molecule has 6 heterocycles. The van der Waals surface area contributed by atoms with E-state index in [0.29, 0.717) is 82.5 Å². The number of aromatic nitrogens is 6. The summed E-state index contributed by atoms with van der Waals surface area (Å²) in [5, 5.41) is 7.82. The molecule has 220 valence electrons. The topological polar surface area (TPSA) is 132 Å². The maximum absolute atomic E-state index is 12.8. The third-order valence-electron chi connectivity index (χ3n) is 7.07. The predicted octanol–water partition coefficient (Wildman–Crippen LogP) is 5.07. The standard InChI is InChI=1S/C29H28ClN9O4/c1-29(2,3)43-28(40)38-9-8-37-13-18(38)14-41-23-12-21-25(36-27(23)37)26(33-15-31-21)35-17-4-5-22(20(30)10-17)42-19-6-7-39-24(11-19)32-16-34-39/h4-7,10-12,15-16,18H,8-9,13-14H2,1-3H3,(H,31,33,35)/t18-/m0/s1. The van der Waals surface area contributed by atoms with Crippen LogP contribution in [-0.4, -0.2) is 78.4 Å². The van der Waals surface area contributed by atoms with Crippen LogP contribution in [0.3, 0.4) is 0 Å². The fraction of sp³-hybridized carbons (Fsp3) is 0.310. The van der Waals surface area contributed by atoms with Gasteiger partial charge in [0.05, 0.1) is 16.6 Å². The highest BCUT2D eigenvalue weighted by Crippen LogP contribution is 2.37. The van der Waals surface area contributed by atoms with E-state index in [4.69, 9.17) is 30.8 Å². The van der Waals surface area contributed by atoms with Crippen molar-refractivity contribution in [1.29, 1.82) is 0 Å². The molecule has 5 aromatic rings. The van der Waals surface area contributed by atoms with Crippen LogP contribution in [0.1, 0.15) is 20.8 Å². The SMILES string of the molecule is CC(C)(C)OC(=O)N1CCN2C[C@H]1COc1cc3ncnc(Nc4ccc(Oc5ccn6ncnc6c5)c(Cl)c4)c3nc12. The van der Waals surface area contributed by atoms with Crippen LogP contribution >= 0.6 is 11.6 Å². The maximum Gasteiger partial charge on any atom is 0.410 e. The van der Waals surface area contributed by atoms with Gasteiger partial charge in [-0.25, -0.2) is 29.2 Å². The molecule has 2 aliphatic rings. The minimum absolute atomic E-state index is 0.175. The van der Waals surface area contributed by atoms with Gasteiger partial charge in [0.1, 0.15) is 41.9 Å². The Hall–Kier alpha value is -4.91. The van der Waals surface area contributed by atoms with Crippen LogP contribution in [0.15, 0.2) is 55.2 Å². The van der Waals surface area contributed by atoms with E-state index >= 15 is 0 Å². The summed E-state index contributed by atoms with van der Waals surface area (Å²) in [6, 6.07) is 10.6. The molecule has 1 N–H and O–H groups in total. The van der Waals surface area contributed by atoms with Crippen molar-refractivity contribution in [3.8, 4) is 17.2 Å². The van der Waals surface area contributed by atoms with Crippen LogP contribution in [-0.2, 0) is 4.74 Å². The molecule has 0 radical (unpaired) electrons. The molecular formula is C29H28ClN9O4. The molecule has 4 aromatic heterocycles. The van der Waals surface area contributed by atoms with E-state index in [1.54, 1.807) is 39.9 Å². The number of benzene rings is 1. The Kier molecular flexibility index (Phi) is 6.53. The summed E-state index contributed by atoms with van der Waals surface area (Å²) in [6.07, 6.45) is 4.37. The normalized spacial score (nSPS) is 16.4. The minimum Gasteiger partial charge on any atom is -0.487 e. The highest BCUT2D eigenvalue weighted by atomic mass is 35.5. The lowest BCUT2D eigenvalue weighted by molar-refractivity contribution is 0.00974. The molecule has 1 atom stereocenters. The van der Waals surface area contributed by atoms with Crippen molar-refractivity contribution in [3.05, 3.63) is 60.3 Å². The lowest BCUT2D eigenvalue weighted by Gasteiger charge is -2.39. The van der Waals surface area contributed by atoms with Gasteiger partial charge in [-0.3, -0.25) is 4.90 Å². The Labute approximate surface area is 251 Å². The number of halogens is 1. The number of nitrogens with zero attached hydrogens (tertiary/aromatic N) is 8. The van der Waals surface area contributed by atoms with Crippen molar-refractivity contribution < 1.29 is 19.0 Å². The van der Waals surface area contributed by atoms with Gasteiger partial charge in [-0.1, -0.05) is 11.6 Å². The summed E-state index contributed by atoms with van der Waals surface area (Å²) in [6.45, 7) is 7.57. The lowest BCUT2D eigenvalue weighted by atomic mass is 10.2. The molecule has 14 heteroatoms. The van der Waals surface area contributed by atoms with Crippen molar-refractivity contribution >= 4 is 51.7 Å². The van der Waals surface area contributed by atoms with E-state index in [2.05, 4.69) is 30.3 Å². The summed E-state index contributed by atoms with van der Waals surface area (Å²) in [5.41, 5.74) is 1.99. The molecule has 43 heavy (non-hydrogen) atoms. The van der Waals surface area contributed by atoms with Crippen LogP contribution in [0.5, 0.6) is 17.2 Å². The summed E-state index contributed by atoms with van der Waals surface area (Å²) < 4.78 is 19.4. The zero-order valence-corrected chi connectivity index (χ0v) is 24.4. The molecule has 0 spiro atoms. The summed E-state index contributed by atoms with van der Waals surface area (Å²) in [4.78, 5) is 34.7. The number of amides is 1. The van der Waals surface area contributed by atoms with Crippen molar-refractivity contribution in [2.75, 3.05) is 36.5 Å². The molecule has 2 aliphatic heterocycles. The number of hydrogen-bond acceptors (Lipinski definition) is 11. The second-order valence-corrected chi connectivity index (χ2v) is 11.7. The third kappa shape index (κ3) is 5.39. The van der Waals surface area contributed by atoms with E-state index in [1.165, 1.54) is 12.7 Å². The van der Waals surface area contributed by atoms with E-state index in [9.17, 15) is 4.79 Å². The van der Waals surface area contributed by atoms with Gasteiger partial charge in [-0.15, -0.1) is 0 Å². The van der Waals surface area contributed by atoms with E-state index < -0.39 is 5.60 Å². The zero-order chi connectivity index (χ0) is 29.7. The molecule has 1 amide bonds. The first-order valence-corrected chi connectivity index (χ1v) is 14.1. The second-order valence-electron chi connectivity index (χ2n) is 11.3. The number of hydrogen-bond donors (Lipinski definition) is 1. The molecule has 0 unspecified atom stereocenters. The van der Waals surface area contributed by atoms with Gasteiger partial charge < -0.3 is 24.4 Å². The maximum atomic E-state index is 12.8. The molecule has 13 nitrogen and oxygen atoms in total. The number of ether oxygens (including phenoxy) is 3. The number of pyridine rings is 2. The van der Waals surface area contributed by atoms with Crippen molar-refractivity contribution in [1.82, 2.24) is 34.4 Å². The largest absolute Gasteiger partial charge is 0.487 e. The van der Waals surface area contributed by atoms with Crippen LogP contribution in [0.2, 0.25) is 5.02 Å². The van der Waals surface area contributed by atoms with Crippen LogP contribution in [0.25, 0.3) is 16.7 Å². The molecule has 0 aliphatic carbocycles. The van der Waals surface area contributed by atoms with Gasteiger partial charge in [0.25, 0.3) is 0 Å². The van der Waals surface area contributed by atoms with Crippen LogP contribution < -0.4 is 19.7 Å². The Morgan fingerprint density at radius 1 is 1.09 bits per heavy atom. The molecule has 0 saturated carbocycles. The van der Waals surface area contributed by atoms with Gasteiger partial charge in [0.15, 0.2) is 23.0 Å². The fourth-order valence-corrected chi connectivity index (χ4v) is 5.32. The Bertz CT molecular complexity index is 1860. The van der Waals surface area contributed by atoms with Crippen molar-refractivity contribution in [2.45, 2.75) is 32.4 Å². The summed E-state index contributed by atoms with van der Waals surface area (Å²) in [5.74, 6) is 2.89. The van der Waals surface area contributed by atoms with Gasteiger partial charge in [0.2, 0.25) is 0 Å². The van der Waals surface area contributed by atoms with Crippen molar-refractivity contribution in [2.24, 2.45) is 0 Å². The van der Waals surface area contributed by atoms with E-state index in [1.807, 2.05) is 32.9 Å². The monoisotopic (exact) mass is 601 g/mol. The highest BCUT2D eigenvalue weighted by molar-refractivity contribution is 6.32. The van der Waals surface area contributed by atoms with Crippen LogP contribution in [0, 0.1) is 0 Å². The summed E-state index contributed by atoms with van der Waals surface area (Å²) in [7, 11) is 0. The zero-order valence-electron chi connectivity index (χ0n) is 23.7. The van der Waals surface area contributed by atoms with Gasteiger partial charge in [-0.05, 0) is 45.0 Å². The fourth-order valence-electron chi connectivity index (χ4n) is 5.10. The average Bonchev–Trinajstić information content (AvgIpc) is 3.39. The van der Waals surface area contributed by atoms with E-state index in [-0.39, 0.29) is 12.1 Å². The van der Waals surface area contributed by atoms with E-state index in [0.717, 1.165) is 0 Å². The highest BCUT2D eigenvalue weighted by Gasteiger charge is 2.37. The van der Waals surface area contributed by atoms with Crippen LogP contribution in [0.4, 0.5) is 22.1 Å². The number of anilines is 3. The molecule has 1 saturated heterocycles. The smallest absolute Gasteiger partial charge is 0.410 e. The Morgan fingerprint density at radius 3 is 2.81 bits per heavy atom. The number of carbonyl (C=O) groups is 1. The number of piperazine rings is 1. The lowest BCUT2D eigenvalue weighted by Crippen LogP contribution is -2.57. The number of carbonyl (C=O) groups excluding carboxylic acids is 1. The first kappa shape index (κ1) is 27.0. The first-order valence-electron chi connectivity index (χ1n) is 13.8. The second kappa shape index (κ2) is 10.4. The predicted molar refractivity (Wildman–Crippen MR) is 160 cm³/mol. The van der Waals surface area contributed by atoms with Gasteiger partial charge in [0, 0.05) is 43.7 Å². The molecule has 2 bridgehead atoms. The summed E-state index contributed by atoms with van der Waals surface area (Å²) >= 11 is 6.59. The average molecular weight is 602 g/mol. The molecule has 7 rings (SSSR count). The third-order valence-corrected chi connectivity index (χ3v) is 7.37. The van der Waals surface area contributed by atoms with Crippen molar-refractivity contribution in [3.63, 3.8) is 0 Å². The first-order chi connectivity index (χ1) is 20.7. The number of rotatable bonds is 4. The minimum atomic E-state index is -0.574. The number of nitrogens with one attached hydrogen (secondary N) is 1. The van der Waals surface area contributed by atoms with Gasteiger partial charge >= 0.3 is 6.09 Å².